The van der Waals surface area contributed by atoms with Gasteiger partial charge in [0, 0.05) is 13.5 Å². The van der Waals surface area contributed by atoms with Crippen LogP contribution in [0.15, 0.2) is 59.7 Å². The largest absolute Gasteiger partial charge is 0.481 e. The molecule has 2 aromatic rings. The number of nitrogens with two attached hydrogens (primary N) is 1. The maximum absolute atomic E-state index is 13.9. The monoisotopic (exact) mass is 501 g/mol. The van der Waals surface area contributed by atoms with Crippen LogP contribution in [0, 0.1) is 0 Å². The van der Waals surface area contributed by atoms with Gasteiger partial charge in [0.25, 0.3) is 5.91 Å². The van der Waals surface area contributed by atoms with Gasteiger partial charge in [0.05, 0.1) is 18.7 Å². The lowest BCUT2D eigenvalue weighted by Gasteiger charge is -2.35. The first-order valence-corrected chi connectivity index (χ1v) is 10.7. The van der Waals surface area contributed by atoms with Gasteiger partial charge in [-0.3, -0.25) is 14.4 Å². The second-order valence-electron chi connectivity index (χ2n) is 8.00. The van der Waals surface area contributed by atoms with Crippen LogP contribution in [0.1, 0.15) is 49.9 Å². The fraction of sp³-hybridized carbons (Fsp3) is 0.292. The minimum atomic E-state index is -1.41. The van der Waals surface area contributed by atoms with Gasteiger partial charge in [0.1, 0.15) is 5.54 Å². The molecule has 2 aromatic carbocycles. The Morgan fingerprint density at radius 3 is 2.23 bits per heavy atom. The van der Waals surface area contributed by atoms with E-state index in [1.54, 1.807) is 68.4 Å². The molecule has 1 aliphatic heterocycles. The van der Waals surface area contributed by atoms with E-state index >= 15 is 0 Å². The zero-order valence-corrected chi connectivity index (χ0v) is 20.4. The summed E-state index contributed by atoms with van der Waals surface area (Å²) >= 11 is 0. The number of likely N-dealkylation sites (N-methyl/N-ethyl adjacent to an activating group) is 1. The maximum Gasteiger partial charge on any atom is 0.347 e. The number of carboxylic acid groups (broad SMARTS) is 1. The zero-order valence-electron chi connectivity index (χ0n) is 19.6. The molecule has 35 heavy (non-hydrogen) atoms. The average molecular weight is 502 g/mol. The van der Waals surface area contributed by atoms with Crippen LogP contribution in [-0.2, 0) is 19.9 Å². The number of hydrogen-bond donors (Lipinski definition) is 2. The molecule has 0 unspecified atom stereocenters. The smallest absolute Gasteiger partial charge is 0.347 e. The Labute approximate surface area is 209 Å². The Kier molecular flexibility index (Phi) is 8.59. The molecule has 1 saturated heterocycles. The van der Waals surface area contributed by atoms with Crippen LogP contribution in [0.4, 0.5) is 4.79 Å². The summed E-state index contributed by atoms with van der Waals surface area (Å²) in [5.74, 6) is 2.74. The molecule has 0 bridgehead atoms. The molecule has 2 atom stereocenters. The Bertz CT molecular complexity index is 1120. The van der Waals surface area contributed by atoms with Gasteiger partial charge in [0.15, 0.2) is 0 Å². The summed E-state index contributed by atoms with van der Waals surface area (Å²) in [6, 6.07) is 13.5. The number of amides is 4. The predicted octanol–water partition coefficient (Wildman–Crippen LogP) is 2.88. The number of hydrazone groups is 1. The second-order valence-corrected chi connectivity index (χ2v) is 8.00. The number of hydrazine groups is 1. The van der Waals surface area contributed by atoms with Gasteiger partial charge >= 0.3 is 12.0 Å². The number of halogens is 1. The highest BCUT2D eigenvalue weighted by molar-refractivity contribution is 6.08. The molecule has 10 nitrogen and oxygen atoms in total. The van der Waals surface area contributed by atoms with E-state index in [-0.39, 0.29) is 19.0 Å². The van der Waals surface area contributed by atoms with Gasteiger partial charge in [-0.05, 0) is 30.5 Å². The molecule has 0 aliphatic carbocycles. The molecule has 1 aliphatic rings. The molecule has 3 rings (SSSR count). The van der Waals surface area contributed by atoms with Gasteiger partial charge in [-0.15, -0.1) is 12.4 Å². The molecular formula is C24H28ClN5O5. The van der Waals surface area contributed by atoms with E-state index in [0.717, 1.165) is 10.0 Å². The lowest BCUT2D eigenvalue weighted by molar-refractivity contribution is -0.162. The third-order valence-electron chi connectivity index (χ3n) is 5.96. The van der Waals surface area contributed by atoms with Crippen LogP contribution in [0.2, 0.25) is 0 Å². The number of carbonyl (C=O) groups is 4. The van der Waals surface area contributed by atoms with Crippen molar-refractivity contribution in [1.29, 1.82) is 0 Å². The molecule has 0 radical (unpaired) electrons. The van der Waals surface area contributed by atoms with Gasteiger partial charge in [0.2, 0.25) is 5.91 Å². The fourth-order valence-corrected chi connectivity index (χ4v) is 4.30. The van der Waals surface area contributed by atoms with Crippen molar-refractivity contribution in [3.05, 3.63) is 71.3 Å². The molecular weight excluding hydrogens is 474 g/mol. The third kappa shape index (κ3) is 4.97. The van der Waals surface area contributed by atoms with E-state index in [1.165, 1.54) is 18.0 Å². The van der Waals surface area contributed by atoms with Gasteiger partial charge in [-0.2, -0.15) is 10.1 Å². The highest BCUT2D eigenvalue weighted by atomic mass is 35.5. The summed E-state index contributed by atoms with van der Waals surface area (Å²) in [6.45, 7) is 4.72. The number of nitrogens with zero attached hydrogens (tertiary/aromatic N) is 4. The first kappa shape index (κ1) is 27.3. The number of carbonyl (C=O) groups excluding carboxylic acids is 3. The maximum atomic E-state index is 13.9. The number of benzene rings is 2. The molecule has 0 aromatic heterocycles. The van der Waals surface area contributed by atoms with Gasteiger partial charge < -0.3 is 15.8 Å². The lowest BCUT2D eigenvalue weighted by Crippen LogP contribution is -2.52. The summed E-state index contributed by atoms with van der Waals surface area (Å²) in [7, 11) is 0. The number of rotatable bonds is 8. The van der Waals surface area contributed by atoms with E-state index in [9.17, 15) is 24.3 Å². The molecule has 3 N–H and O–H groups in total. The number of aliphatic carboxylic acids is 1. The average Bonchev–Trinajstić information content (AvgIpc) is 3.00. The molecule has 0 spiro atoms. The Balaban J connectivity index is 0.00000432. The van der Waals surface area contributed by atoms with Crippen molar-refractivity contribution in [2.45, 2.75) is 38.8 Å². The first-order chi connectivity index (χ1) is 16.2. The second kappa shape index (κ2) is 11.0. The van der Waals surface area contributed by atoms with Crippen LogP contribution in [-0.4, -0.2) is 56.6 Å². The highest BCUT2D eigenvalue weighted by Crippen LogP contribution is 2.40. The minimum Gasteiger partial charge on any atom is -0.481 e. The Morgan fingerprint density at radius 2 is 1.74 bits per heavy atom. The Morgan fingerprint density at radius 1 is 1.14 bits per heavy atom. The predicted molar refractivity (Wildman–Crippen MR) is 131 cm³/mol. The van der Waals surface area contributed by atoms with Crippen molar-refractivity contribution in [2.75, 3.05) is 6.54 Å². The van der Waals surface area contributed by atoms with Crippen molar-refractivity contribution in [1.82, 2.24) is 14.9 Å². The van der Waals surface area contributed by atoms with Crippen molar-refractivity contribution < 1.29 is 24.3 Å². The highest BCUT2D eigenvalue weighted by Gasteiger charge is 2.58. The fourth-order valence-electron chi connectivity index (χ4n) is 4.30. The number of carboxylic acids is 1. The first-order valence-electron chi connectivity index (χ1n) is 10.7. The van der Waals surface area contributed by atoms with Crippen LogP contribution in [0.5, 0.6) is 0 Å². The molecule has 11 heteroatoms. The van der Waals surface area contributed by atoms with E-state index in [1.807, 2.05) is 0 Å². The van der Waals surface area contributed by atoms with Crippen molar-refractivity contribution in [3.63, 3.8) is 0 Å². The zero-order chi connectivity index (χ0) is 25.0. The molecule has 186 valence electrons. The van der Waals surface area contributed by atoms with Crippen molar-refractivity contribution >= 4 is 42.4 Å². The van der Waals surface area contributed by atoms with Gasteiger partial charge in [-0.25, -0.2) is 9.80 Å². The van der Waals surface area contributed by atoms with E-state index < -0.39 is 41.8 Å². The van der Waals surface area contributed by atoms with E-state index in [0.29, 0.717) is 16.7 Å². The summed E-state index contributed by atoms with van der Waals surface area (Å²) in [5, 5.41) is 14.8. The normalized spacial score (nSPS) is 18.5. The van der Waals surface area contributed by atoms with Crippen LogP contribution < -0.4 is 5.84 Å². The topological polar surface area (TPSA) is 137 Å². The van der Waals surface area contributed by atoms with E-state index in [4.69, 9.17) is 5.84 Å². The Hall–Kier alpha value is -3.92. The summed E-state index contributed by atoms with van der Waals surface area (Å²) in [6.07, 6.45) is 0.960. The van der Waals surface area contributed by atoms with Crippen molar-refractivity contribution in [2.24, 2.45) is 10.9 Å². The molecule has 1 heterocycles. The number of urea groups is 1. The van der Waals surface area contributed by atoms with Crippen LogP contribution in [0.25, 0.3) is 0 Å². The summed E-state index contributed by atoms with van der Waals surface area (Å²) < 4.78 is 0. The third-order valence-corrected chi connectivity index (χ3v) is 5.96. The SMILES string of the molecule is CCN1C(=O)N(N(C(C)=O)[C@H](CC(=O)O)c2ccccc2)C(=O)[C@@]1(C)c1ccc(C=NN)cc1.Cl. The van der Waals surface area contributed by atoms with Crippen LogP contribution in [0.3, 0.4) is 0 Å². The quantitative estimate of drug-likeness (QED) is 0.247. The lowest BCUT2D eigenvalue weighted by atomic mass is 9.90. The molecule has 0 saturated carbocycles. The molecule has 1 fully saturated rings. The standard InChI is InChI=1S/C24H27N5O5.ClH/c1-4-27-23(34)29(22(33)24(27,3)19-12-10-17(11-13-19)15-26-25)28(16(2)30)20(14-21(31)32)18-8-6-5-7-9-18;/h5-13,15,20H,4,14,25H2,1-3H3,(H,31,32);1H/t20-,24-;/m1./s1. The minimum absolute atomic E-state index is 0. The van der Waals surface area contributed by atoms with Crippen molar-refractivity contribution in [3.8, 4) is 0 Å². The van der Waals surface area contributed by atoms with Crippen LogP contribution >= 0.6 is 12.4 Å². The number of hydrogen-bond acceptors (Lipinski definition) is 6. The summed E-state index contributed by atoms with van der Waals surface area (Å²) in [5.41, 5.74) is 0.315. The van der Waals surface area contributed by atoms with E-state index in [2.05, 4.69) is 5.10 Å². The number of imide groups is 1. The summed E-state index contributed by atoms with van der Waals surface area (Å²) in [4.78, 5) is 53.3. The molecule has 4 amide bonds. The van der Waals surface area contributed by atoms with Gasteiger partial charge in [-0.1, -0.05) is 54.6 Å².